The fourth-order valence-electron chi connectivity index (χ4n) is 1.91. The van der Waals surface area contributed by atoms with Gasteiger partial charge in [0.25, 0.3) is 0 Å². The summed E-state index contributed by atoms with van der Waals surface area (Å²) in [6, 6.07) is 7.28. The molecule has 1 heterocycles. The molecule has 1 atom stereocenters. The van der Waals surface area contributed by atoms with Crippen molar-refractivity contribution in [2.24, 2.45) is 5.73 Å². The molecule has 0 amide bonds. The Labute approximate surface area is 109 Å². The average Bonchev–Trinajstić information content (AvgIpc) is 2.81. The van der Waals surface area contributed by atoms with Crippen molar-refractivity contribution in [3.05, 3.63) is 57.8 Å². The van der Waals surface area contributed by atoms with Crippen LogP contribution >= 0.6 is 11.3 Å². The van der Waals surface area contributed by atoms with E-state index in [0.29, 0.717) is 12.0 Å². The summed E-state index contributed by atoms with van der Waals surface area (Å²) in [5.74, 6) is -1.12. The van der Waals surface area contributed by atoms with E-state index in [-0.39, 0.29) is 6.04 Å². The molecule has 0 bridgehead atoms. The van der Waals surface area contributed by atoms with Crippen LogP contribution in [-0.2, 0) is 6.42 Å². The zero-order chi connectivity index (χ0) is 13.0. The Morgan fingerprint density at radius 3 is 2.72 bits per heavy atom. The molecule has 0 saturated heterocycles. The summed E-state index contributed by atoms with van der Waals surface area (Å²) < 4.78 is 26.3. The van der Waals surface area contributed by atoms with Gasteiger partial charge in [-0.3, -0.25) is 0 Å². The van der Waals surface area contributed by atoms with Crippen LogP contribution in [0.25, 0.3) is 0 Å². The number of hydrogen-bond acceptors (Lipinski definition) is 2. The van der Waals surface area contributed by atoms with Crippen LogP contribution in [0.2, 0.25) is 0 Å². The summed E-state index contributed by atoms with van der Waals surface area (Å²) in [4.78, 5) is 1.31. The molecule has 2 aromatic rings. The highest BCUT2D eigenvalue weighted by molar-refractivity contribution is 7.09. The van der Waals surface area contributed by atoms with Gasteiger partial charge in [0.2, 0.25) is 0 Å². The second kappa shape index (κ2) is 6.07. The van der Waals surface area contributed by atoms with E-state index in [4.69, 9.17) is 5.73 Å². The molecule has 0 aliphatic rings. The lowest BCUT2D eigenvalue weighted by Gasteiger charge is -2.12. The zero-order valence-electron chi connectivity index (χ0n) is 9.90. The molecule has 4 heteroatoms. The lowest BCUT2D eigenvalue weighted by Crippen LogP contribution is -2.12. The minimum absolute atomic E-state index is 0.370. The Balaban J connectivity index is 1.89. The molecule has 0 saturated carbocycles. The monoisotopic (exact) mass is 267 g/mol. The Bertz CT molecular complexity index is 497. The van der Waals surface area contributed by atoms with E-state index in [1.54, 1.807) is 11.3 Å². The molecule has 2 N–H and O–H groups in total. The molecule has 1 unspecified atom stereocenters. The lowest BCUT2D eigenvalue weighted by atomic mass is 10.0. The molecule has 0 fully saturated rings. The zero-order valence-corrected chi connectivity index (χ0v) is 10.7. The molecule has 18 heavy (non-hydrogen) atoms. The summed E-state index contributed by atoms with van der Waals surface area (Å²) in [6.07, 6.45) is 2.55. The maximum atomic E-state index is 13.5. The van der Waals surface area contributed by atoms with Gasteiger partial charge in [0, 0.05) is 22.5 Å². The summed E-state index contributed by atoms with van der Waals surface area (Å²) in [7, 11) is 0. The van der Waals surface area contributed by atoms with Crippen molar-refractivity contribution in [2.45, 2.75) is 25.3 Å². The summed E-state index contributed by atoms with van der Waals surface area (Å²) in [6.45, 7) is 0. The predicted molar refractivity (Wildman–Crippen MR) is 70.5 cm³/mol. The quantitative estimate of drug-likeness (QED) is 0.869. The van der Waals surface area contributed by atoms with Crippen LogP contribution in [0.4, 0.5) is 8.78 Å². The Hall–Kier alpha value is -1.26. The summed E-state index contributed by atoms with van der Waals surface area (Å²) in [5, 5.41) is 2.04. The Morgan fingerprint density at radius 1 is 1.22 bits per heavy atom. The number of hydrogen-bond donors (Lipinski definition) is 1. The van der Waals surface area contributed by atoms with Gasteiger partial charge >= 0.3 is 0 Å². The number of thiophene rings is 1. The molecule has 1 aromatic carbocycles. The van der Waals surface area contributed by atoms with Crippen LogP contribution in [-0.4, -0.2) is 0 Å². The van der Waals surface area contributed by atoms with Gasteiger partial charge in [-0.15, -0.1) is 11.3 Å². The first-order valence-electron chi connectivity index (χ1n) is 5.89. The van der Waals surface area contributed by atoms with Gasteiger partial charge in [-0.2, -0.15) is 0 Å². The van der Waals surface area contributed by atoms with Crippen molar-refractivity contribution < 1.29 is 8.78 Å². The Kier molecular flexibility index (Phi) is 4.44. The molecule has 96 valence electrons. The van der Waals surface area contributed by atoms with Crippen molar-refractivity contribution in [2.75, 3.05) is 0 Å². The smallest absolute Gasteiger partial charge is 0.130 e. The first kappa shape index (κ1) is 13.2. The predicted octanol–water partition coefficient (Wildman–Crippen LogP) is 4.05. The number of benzene rings is 1. The van der Waals surface area contributed by atoms with Crippen LogP contribution < -0.4 is 5.73 Å². The van der Waals surface area contributed by atoms with Crippen molar-refractivity contribution in [3.8, 4) is 0 Å². The third-order valence-corrected chi connectivity index (χ3v) is 3.82. The molecular formula is C14H15F2NS. The van der Waals surface area contributed by atoms with E-state index in [2.05, 4.69) is 6.07 Å². The number of nitrogens with two attached hydrogens (primary N) is 1. The number of halogens is 2. The van der Waals surface area contributed by atoms with Crippen LogP contribution in [0.3, 0.4) is 0 Å². The molecule has 1 aromatic heterocycles. The second-order valence-electron chi connectivity index (χ2n) is 4.24. The van der Waals surface area contributed by atoms with Gasteiger partial charge in [0.05, 0.1) is 0 Å². The highest BCUT2D eigenvalue weighted by Crippen LogP contribution is 2.21. The molecule has 2 rings (SSSR count). The standard InChI is InChI=1S/C14H15F2NS/c15-10-6-7-12(13(16)9-10)14(17)5-1-3-11-4-2-8-18-11/h2,4,6-9,14H,1,3,5,17H2. The molecule has 0 aliphatic carbocycles. The van der Waals surface area contributed by atoms with E-state index >= 15 is 0 Å². The molecule has 0 aliphatic heterocycles. The van der Waals surface area contributed by atoms with E-state index in [0.717, 1.165) is 18.9 Å². The third-order valence-electron chi connectivity index (χ3n) is 2.88. The molecular weight excluding hydrogens is 252 g/mol. The van der Waals surface area contributed by atoms with Gasteiger partial charge < -0.3 is 5.73 Å². The molecule has 1 nitrogen and oxygen atoms in total. The van der Waals surface area contributed by atoms with Crippen molar-refractivity contribution in [3.63, 3.8) is 0 Å². The summed E-state index contributed by atoms with van der Waals surface area (Å²) in [5.41, 5.74) is 6.32. The molecule has 0 radical (unpaired) electrons. The maximum absolute atomic E-state index is 13.5. The van der Waals surface area contributed by atoms with E-state index in [9.17, 15) is 8.78 Å². The minimum atomic E-state index is -0.568. The third kappa shape index (κ3) is 3.37. The van der Waals surface area contributed by atoms with E-state index in [1.165, 1.54) is 17.0 Å². The highest BCUT2D eigenvalue weighted by atomic mass is 32.1. The fourth-order valence-corrected chi connectivity index (χ4v) is 2.66. The van der Waals surface area contributed by atoms with Crippen LogP contribution in [0.5, 0.6) is 0 Å². The first-order valence-corrected chi connectivity index (χ1v) is 6.77. The van der Waals surface area contributed by atoms with Gasteiger partial charge in [-0.1, -0.05) is 12.1 Å². The van der Waals surface area contributed by atoms with Crippen LogP contribution in [0.1, 0.15) is 29.3 Å². The van der Waals surface area contributed by atoms with E-state index < -0.39 is 11.6 Å². The van der Waals surface area contributed by atoms with Crippen LogP contribution in [0, 0.1) is 11.6 Å². The van der Waals surface area contributed by atoms with Crippen molar-refractivity contribution in [1.29, 1.82) is 0 Å². The number of aryl methyl sites for hydroxylation is 1. The second-order valence-corrected chi connectivity index (χ2v) is 5.28. The normalized spacial score (nSPS) is 12.6. The first-order chi connectivity index (χ1) is 8.66. The molecule has 0 spiro atoms. The van der Waals surface area contributed by atoms with Gasteiger partial charge in [-0.25, -0.2) is 8.78 Å². The summed E-state index contributed by atoms with van der Waals surface area (Å²) >= 11 is 1.71. The van der Waals surface area contributed by atoms with Crippen molar-refractivity contribution >= 4 is 11.3 Å². The highest BCUT2D eigenvalue weighted by Gasteiger charge is 2.12. The largest absolute Gasteiger partial charge is 0.324 e. The minimum Gasteiger partial charge on any atom is -0.324 e. The fraction of sp³-hybridized carbons (Fsp3) is 0.286. The van der Waals surface area contributed by atoms with Crippen molar-refractivity contribution in [1.82, 2.24) is 0 Å². The lowest BCUT2D eigenvalue weighted by molar-refractivity contribution is 0.536. The number of rotatable bonds is 5. The van der Waals surface area contributed by atoms with Gasteiger partial charge in [0.1, 0.15) is 11.6 Å². The topological polar surface area (TPSA) is 26.0 Å². The van der Waals surface area contributed by atoms with Gasteiger partial charge in [0.15, 0.2) is 0 Å². The van der Waals surface area contributed by atoms with E-state index in [1.807, 2.05) is 11.4 Å². The van der Waals surface area contributed by atoms with Crippen LogP contribution in [0.15, 0.2) is 35.7 Å². The Morgan fingerprint density at radius 2 is 2.06 bits per heavy atom. The van der Waals surface area contributed by atoms with Gasteiger partial charge in [-0.05, 0) is 36.8 Å². The maximum Gasteiger partial charge on any atom is 0.130 e. The SMILES string of the molecule is NC(CCCc1cccs1)c1ccc(F)cc1F. The average molecular weight is 267 g/mol.